The molecule has 2 unspecified atom stereocenters. The van der Waals surface area contributed by atoms with Crippen molar-refractivity contribution in [2.75, 3.05) is 6.61 Å². The van der Waals surface area contributed by atoms with Crippen molar-refractivity contribution in [1.82, 2.24) is 5.32 Å². The van der Waals surface area contributed by atoms with Gasteiger partial charge in [-0.15, -0.1) is 0 Å². The molecule has 0 rings (SSSR count). The van der Waals surface area contributed by atoms with E-state index < -0.39 is 12.1 Å². The highest BCUT2D eigenvalue weighted by molar-refractivity contribution is 5.76. The van der Waals surface area contributed by atoms with Crippen LogP contribution in [0, 0.1) is 0 Å². The maximum absolute atomic E-state index is 12.4. The number of hydrogen-bond acceptors (Lipinski definition) is 3. The van der Waals surface area contributed by atoms with Crippen molar-refractivity contribution >= 4 is 5.91 Å². The maximum atomic E-state index is 12.4. The van der Waals surface area contributed by atoms with E-state index in [-0.39, 0.29) is 12.5 Å². The fourth-order valence-corrected chi connectivity index (χ4v) is 6.56. The van der Waals surface area contributed by atoms with Gasteiger partial charge in [0.05, 0.1) is 18.8 Å². The lowest BCUT2D eigenvalue weighted by Gasteiger charge is -2.19. The molecule has 0 heterocycles. The Morgan fingerprint density at radius 1 is 0.431 bits per heavy atom. The van der Waals surface area contributed by atoms with Gasteiger partial charge in [0.1, 0.15) is 0 Å². The highest BCUT2D eigenvalue weighted by Crippen LogP contribution is 2.14. The Morgan fingerprint density at radius 3 is 1.21 bits per heavy atom. The molecule has 0 bridgehead atoms. The molecule has 3 N–H and O–H groups in total. The lowest BCUT2D eigenvalue weighted by molar-refractivity contribution is -0.123. The number of amides is 1. The van der Waals surface area contributed by atoms with E-state index in [4.69, 9.17) is 0 Å². The maximum Gasteiger partial charge on any atom is 0.220 e. The summed E-state index contributed by atoms with van der Waals surface area (Å²) >= 11 is 0. The summed E-state index contributed by atoms with van der Waals surface area (Å²) in [6.07, 6.45) is 73.5. The first-order chi connectivity index (χ1) is 28.7. The fraction of sp³-hybridized carbons (Fsp3) is 0.648. The number of hydrogen-bond donors (Lipinski definition) is 3. The fourth-order valence-electron chi connectivity index (χ4n) is 6.56. The zero-order chi connectivity index (χ0) is 42.1. The van der Waals surface area contributed by atoms with Crippen LogP contribution in [0.5, 0.6) is 0 Å². The Balaban J connectivity index is 3.62. The van der Waals surface area contributed by atoms with E-state index in [9.17, 15) is 15.0 Å². The molecular weight excluding hydrogens is 711 g/mol. The third-order valence-electron chi connectivity index (χ3n) is 10.2. The molecular formula is C54H91NO3. The first-order valence-corrected chi connectivity index (χ1v) is 24.1. The number of aliphatic hydroxyl groups excluding tert-OH is 2. The second-order valence-corrected chi connectivity index (χ2v) is 15.8. The summed E-state index contributed by atoms with van der Waals surface area (Å²) in [6.45, 7) is 4.15. The normalized spacial score (nSPS) is 13.9. The smallest absolute Gasteiger partial charge is 0.220 e. The second kappa shape index (κ2) is 48.4. The van der Waals surface area contributed by atoms with Gasteiger partial charge in [0.25, 0.3) is 0 Å². The van der Waals surface area contributed by atoms with Crippen LogP contribution >= 0.6 is 0 Å². The Morgan fingerprint density at radius 2 is 0.776 bits per heavy atom. The highest BCUT2D eigenvalue weighted by Gasteiger charge is 2.17. The van der Waals surface area contributed by atoms with Gasteiger partial charge in [-0.3, -0.25) is 4.79 Å². The average molecular weight is 802 g/mol. The lowest BCUT2D eigenvalue weighted by atomic mass is 10.0. The van der Waals surface area contributed by atoms with Gasteiger partial charge < -0.3 is 15.5 Å². The number of nitrogens with one attached hydrogen (secondary N) is 1. The molecule has 0 aliphatic rings. The summed E-state index contributed by atoms with van der Waals surface area (Å²) in [4.78, 5) is 12.4. The molecule has 0 aromatic heterocycles. The third-order valence-corrected chi connectivity index (χ3v) is 10.2. The lowest BCUT2D eigenvalue weighted by Crippen LogP contribution is -2.45. The highest BCUT2D eigenvalue weighted by atomic mass is 16.3. The van der Waals surface area contributed by atoms with Crippen LogP contribution in [0.1, 0.15) is 206 Å². The van der Waals surface area contributed by atoms with Gasteiger partial charge in [0.2, 0.25) is 5.91 Å². The Hall–Kier alpha value is -2.95. The van der Waals surface area contributed by atoms with E-state index in [1.54, 1.807) is 6.08 Å². The molecule has 0 aromatic rings. The van der Waals surface area contributed by atoms with Crippen LogP contribution in [0.15, 0.2) is 109 Å². The molecule has 0 aliphatic heterocycles. The number of carbonyl (C=O) groups excluding carboxylic acids is 1. The molecule has 0 saturated carbocycles. The van der Waals surface area contributed by atoms with Crippen molar-refractivity contribution in [3.05, 3.63) is 109 Å². The summed E-state index contributed by atoms with van der Waals surface area (Å²) in [5.74, 6) is -0.0858. The molecule has 1 amide bonds. The van der Waals surface area contributed by atoms with Gasteiger partial charge in [-0.05, 0) is 96.3 Å². The van der Waals surface area contributed by atoms with E-state index in [0.717, 1.165) is 77.0 Å². The largest absolute Gasteiger partial charge is 0.394 e. The van der Waals surface area contributed by atoms with Crippen molar-refractivity contribution < 1.29 is 15.0 Å². The topological polar surface area (TPSA) is 69.6 Å². The number of aliphatic hydroxyl groups is 2. The van der Waals surface area contributed by atoms with E-state index in [1.165, 1.54) is 109 Å². The molecule has 0 saturated heterocycles. The number of unbranched alkanes of at least 4 members (excludes halogenated alkanes) is 19. The van der Waals surface area contributed by atoms with E-state index in [0.29, 0.717) is 6.42 Å². The minimum atomic E-state index is -0.876. The van der Waals surface area contributed by atoms with Crippen molar-refractivity contribution in [2.24, 2.45) is 0 Å². The SMILES string of the molecule is CC/C=C\C/C=C\C/C=C\C/C=C\C/C=C\C/C=C\CCCCCCCCCCCCCCC(=O)NC(CO)C(O)/C=C/CC/C=C/CC/C=C/CCCCCCC. The molecule has 0 aromatic carbocycles. The van der Waals surface area contributed by atoms with Crippen LogP contribution < -0.4 is 5.32 Å². The Bertz CT molecular complexity index is 1140. The average Bonchev–Trinajstić information content (AvgIpc) is 3.23. The number of rotatable bonds is 42. The molecule has 330 valence electrons. The predicted molar refractivity (Wildman–Crippen MR) is 257 cm³/mol. The Kier molecular flexibility index (Phi) is 46.0. The number of allylic oxidation sites excluding steroid dienone is 17. The Labute approximate surface area is 359 Å². The summed E-state index contributed by atoms with van der Waals surface area (Å²) < 4.78 is 0. The monoisotopic (exact) mass is 802 g/mol. The van der Waals surface area contributed by atoms with Crippen molar-refractivity contribution in [3.63, 3.8) is 0 Å². The van der Waals surface area contributed by atoms with Crippen LogP contribution in [-0.4, -0.2) is 34.9 Å². The molecule has 0 aliphatic carbocycles. The predicted octanol–water partition coefficient (Wildman–Crippen LogP) is 15.6. The van der Waals surface area contributed by atoms with Gasteiger partial charge in [-0.1, -0.05) is 213 Å². The standard InChI is InChI=1S/C54H91NO3/c1-3-5-7-9-11-13-15-17-19-20-21-22-23-24-25-26-27-28-29-30-31-32-33-34-36-38-40-42-44-46-48-50-54(58)55-52(51-56)53(57)49-47-45-43-41-39-37-35-18-16-14-12-10-8-6-4-2/h5,7,11,13,16-19,21-22,24-25,27-28,39,41,47,49,52-53,56-57H,3-4,6,8-10,12,14-15,20,23,26,29-38,40,42-46,48,50-51H2,1-2H3,(H,55,58)/b7-5-,13-11-,18-16+,19-17-,22-21-,25-24-,28-27-,41-39+,49-47+. The van der Waals surface area contributed by atoms with Crippen LogP contribution in [0.3, 0.4) is 0 Å². The van der Waals surface area contributed by atoms with Gasteiger partial charge >= 0.3 is 0 Å². The van der Waals surface area contributed by atoms with Gasteiger partial charge in [0, 0.05) is 6.42 Å². The van der Waals surface area contributed by atoms with Crippen LogP contribution in [0.25, 0.3) is 0 Å². The second-order valence-electron chi connectivity index (χ2n) is 15.8. The third kappa shape index (κ3) is 44.2. The zero-order valence-electron chi connectivity index (χ0n) is 37.8. The van der Waals surface area contributed by atoms with Crippen molar-refractivity contribution in [1.29, 1.82) is 0 Å². The minimum absolute atomic E-state index is 0.0858. The van der Waals surface area contributed by atoms with Gasteiger partial charge in [-0.25, -0.2) is 0 Å². The molecule has 0 fully saturated rings. The first kappa shape index (κ1) is 55.1. The minimum Gasteiger partial charge on any atom is -0.394 e. The molecule has 0 radical (unpaired) electrons. The van der Waals surface area contributed by atoms with Crippen LogP contribution in [0.2, 0.25) is 0 Å². The first-order valence-electron chi connectivity index (χ1n) is 24.1. The van der Waals surface area contributed by atoms with Gasteiger partial charge in [0.15, 0.2) is 0 Å². The van der Waals surface area contributed by atoms with E-state index >= 15 is 0 Å². The summed E-state index contributed by atoms with van der Waals surface area (Å²) in [5.41, 5.74) is 0. The molecule has 0 spiro atoms. The summed E-state index contributed by atoms with van der Waals surface area (Å²) in [6, 6.07) is -0.653. The molecule has 4 nitrogen and oxygen atoms in total. The van der Waals surface area contributed by atoms with Crippen molar-refractivity contribution in [3.8, 4) is 0 Å². The van der Waals surface area contributed by atoms with Crippen LogP contribution in [-0.2, 0) is 4.79 Å². The summed E-state index contributed by atoms with van der Waals surface area (Å²) in [7, 11) is 0. The van der Waals surface area contributed by atoms with Crippen molar-refractivity contribution in [2.45, 2.75) is 219 Å². The quantitative estimate of drug-likeness (QED) is 0.0425. The number of carbonyl (C=O) groups is 1. The summed E-state index contributed by atoms with van der Waals surface area (Å²) in [5, 5.41) is 23.0. The van der Waals surface area contributed by atoms with E-state index in [1.807, 2.05) is 6.08 Å². The molecule has 4 heteroatoms. The van der Waals surface area contributed by atoms with Crippen LogP contribution in [0.4, 0.5) is 0 Å². The van der Waals surface area contributed by atoms with Gasteiger partial charge in [-0.2, -0.15) is 0 Å². The molecule has 2 atom stereocenters. The molecule has 58 heavy (non-hydrogen) atoms. The zero-order valence-corrected chi connectivity index (χ0v) is 37.8. The van der Waals surface area contributed by atoms with E-state index in [2.05, 4.69) is 116 Å².